The number of piperidine rings is 1. The van der Waals surface area contributed by atoms with Gasteiger partial charge in [-0.2, -0.15) is 4.31 Å². The highest BCUT2D eigenvalue weighted by atomic mass is 31.3. The van der Waals surface area contributed by atoms with Gasteiger partial charge in [-0.05, 0) is 38.3 Å². The molecule has 0 radical (unpaired) electrons. The number of phosphoric acid groups is 2. The predicted molar refractivity (Wildman–Crippen MR) is 105 cm³/mol. The zero-order chi connectivity index (χ0) is 22.5. The maximum atomic E-state index is 12.4. The zero-order valence-corrected chi connectivity index (χ0v) is 18.1. The summed E-state index contributed by atoms with van der Waals surface area (Å²) in [7, 11) is -7.93. The molecule has 2 heterocycles. The molecule has 2 fully saturated rings. The Morgan fingerprint density at radius 2 is 1.57 bits per heavy atom. The highest BCUT2D eigenvalue weighted by Crippen LogP contribution is 2.53. The average Bonchev–Trinajstić information content (AvgIpc) is 2.82. The summed E-state index contributed by atoms with van der Waals surface area (Å²) >= 11 is 0. The first kappa shape index (κ1) is 25.1. The number of fused-ring (bicyclic) bond motifs is 2. The van der Waals surface area contributed by atoms with Crippen LogP contribution in [0.2, 0.25) is 0 Å². The van der Waals surface area contributed by atoms with Crippen molar-refractivity contribution in [1.29, 1.82) is 0 Å². The van der Waals surface area contributed by atoms with E-state index in [2.05, 4.69) is 16.3 Å². The molecule has 1 aromatic carbocycles. The third kappa shape index (κ3) is 7.85. The van der Waals surface area contributed by atoms with E-state index in [9.17, 15) is 19.0 Å². The number of hydrogen-bond acceptors (Lipinski definition) is 7. The highest BCUT2D eigenvalue weighted by molar-refractivity contribution is 7.60. The standard InChI is InChI=1S/C17H23NO3.H4O7P2/c1-18-13-7-8-14(18)10-15(9-13)21-17(20)16(11-19)12-5-3-2-4-6-12;1-8(2,3)7-9(4,5)6/h2-6,13-16,19H,7-11H2,1H3;(H2,1,2,3)(H2,4,5,6)/t13-,14+,15+,16?;. The van der Waals surface area contributed by atoms with Crippen molar-refractivity contribution in [3.8, 4) is 0 Å². The fourth-order valence-corrected chi connectivity index (χ4v) is 4.95. The molecule has 1 aromatic rings. The number of rotatable bonds is 6. The predicted octanol–water partition coefficient (Wildman–Crippen LogP) is 1.12. The lowest BCUT2D eigenvalue weighted by Gasteiger charge is -2.36. The Bertz CT molecular complexity index is 761. The van der Waals surface area contributed by atoms with Crippen molar-refractivity contribution in [2.24, 2.45) is 0 Å². The molecule has 2 aliphatic rings. The summed E-state index contributed by atoms with van der Waals surface area (Å²) in [5, 5.41) is 9.53. The molecule has 13 heteroatoms. The molecule has 1 unspecified atom stereocenters. The van der Waals surface area contributed by atoms with Crippen molar-refractivity contribution in [1.82, 2.24) is 4.90 Å². The topological polar surface area (TPSA) is 174 Å². The quantitative estimate of drug-likeness (QED) is 0.300. The van der Waals surface area contributed by atoms with E-state index in [1.807, 2.05) is 30.3 Å². The average molecular weight is 467 g/mol. The summed E-state index contributed by atoms with van der Waals surface area (Å²) in [4.78, 5) is 45.8. The number of esters is 1. The first-order valence-corrected chi connectivity index (χ1v) is 12.4. The van der Waals surface area contributed by atoms with Crippen LogP contribution in [0.5, 0.6) is 0 Å². The van der Waals surface area contributed by atoms with Gasteiger partial charge in [-0.25, -0.2) is 9.13 Å². The lowest BCUT2D eigenvalue weighted by Crippen LogP contribution is -2.43. The van der Waals surface area contributed by atoms with Crippen LogP contribution >= 0.6 is 15.6 Å². The number of aliphatic hydroxyl groups excluding tert-OH is 1. The number of aliphatic hydroxyl groups is 1. The van der Waals surface area contributed by atoms with Crippen LogP contribution in [0.25, 0.3) is 0 Å². The minimum Gasteiger partial charge on any atom is -0.462 e. The molecular weight excluding hydrogens is 440 g/mol. The van der Waals surface area contributed by atoms with Gasteiger partial charge in [0.15, 0.2) is 0 Å². The van der Waals surface area contributed by atoms with E-state index in [4.69, 9.17) is 24.3 Å². The van der Waals surface area contributed by atoms with Gasteiger partial charge < -0.3 is 34.3 Å². The van der Waals surface area contributed by atoms with E-state index in [0.717, 1.165) is 18.4 Å². The Morgan fingerprint density at radius 1 is 1.07 bits per heavy atom. The van der Waals surface area contributed by atoms with Crippen molar-refractivity contribution < 1.29 is 47.7 Å². The Labute approximate surface area is 174 Å². The second kappa shape index (κ2) is 10.5. The summed E-state index contributed by atoms with van der Waals surface area (Å²) in [6.07, 6.45) is 4.26. The van der Waals surface area contributed by atoms with E-state index in [1.54, 1.807) is 0 Å². The van der Waals surface area contributed by atoms with Crippen LogP contribution < -0.4 is 0 Å². The van der Waals surface area contributed by atoms with Gasteiger partial charge in [-0.1, -0.05) is 30.3 Å². The highest BCUT2D eigenvalue weighted by Gasteiger charge is 2.40. The van der Waals surface area contributed by atoms with Gasteiger partial charge >= 0.3 is 21.6 Å². The summed E-state index contributed by atoms with van der Waals surface area (Å²) in [6.45, 7) is -0.206. The first-order valence-electron chi connectivity index (χ1n) is 9.30. The minimum atomic E-state index is -5.05. The molecular formula is C17H27NO10P2. The molecule has 0 aromatic heterocycles. The summed E-state index contributed by atoms with van der Waals surface area (Å²) in [6, 6.07) is 10.5. The molecule has 5 N–H and O–H groups in total. The second-order valence-electron chi connectivity index (χ2n) is 7.29. The molecule has 2 aliphatic heterocycles. The van der Waals surface area contributed by atoms with Crippen LogP contribution in [0.1, 0.15) is 37.2 Å². The number of carbonyl (C=O) groups excluding carboxylic acids is 1. The van der Waals surface area contributed by atoms with Crippen LogP contribution in [0, 0.1) is 0 Å². The van der Waals surface area contributed by atoms with Crippen molar-refractivity contribution >= 4 is 21.6 Å². The maximum absolute atomic E-state index is 12.4. The monoisotopic (exact) mass is 467 g/mol. The van der Waals surface area contributed by atoms with E-state index in [0.29, 0.717) is 12.1 Å². The third-order valence-corrected chi connectivity index (χ3v) is 6.92. The van der Waals surface area contributed by atoms with Crippen molar-refractivity contribution in [3.63, 3.8) is 0 Å². The fourth-order valence-electron chi connectivity index (χ4n) is 3.84. The number of carbonyl (C=O) groups is 1. The number of benzene rings is 1. The van der Waals surface area contributed by atoms with Gasteiger partial charge in [-0.3, -0.25) is 4.79 Å². The van der Waals surface area contributed by atoms with Gasteiger partial charge in [-0.15, -0.1) is 0 Å². The van der Waals surface area contributed by atoms with Crippen LogP contribution in [0.15, 0.2) is 30.3 Å². The lowest BCUT2D eigenvalue weighted by atomic mass is 9.98. The molecule has 4 atom stereocenters. The Kier molecular flexibility index (Phi) is 8.76. The van der Waals surface area contributed by atoms with Crippen LogP contribution in [-0.2, 0) is 23.0 Å². The smallest absolute Gasteiger partial charge is 0.462 e. The minimum absolute atomic E-state index is 0.00367. The van der Waals surface area contributed by atoms with Crippen molar-refractivity contribution in [2.75, 3.05) is 13.7 Å². The number of nitrogens with zero attached hydrogens (tertiary/aromatic N) is 1. The molecule has 3 rings (SSSR count). The van der Waals surface area contributed by atoms with E-state index >= 15 is 0 Å². The van der Waals surface area contributed by atoms with Crippen LogP contribution in [0.3, 0.4) is 0 Å². The molecule has 2 bridgehead atoms. The molecule has 0 amide bonds. The van der Waals surface area contributed by atoms with Gasteiger partial charge in [0, 0.05) is 12.1 Å². The van der Waals surface area contributed by atoms with Gasteiger partial charge in [0.25, 0.3) is 0 Å². The van der Waals surface area contributed by atoms with E-state index in [1.165, 1.54) is 12.8 Å². The molecule has 0 aliphatic carbocycles. The van der Waals surface area contributed by atoms with Crippen molar-refractivity contribution in [2.45, 2.75) is 49.8 Å². The summed E-state index contributed by atoms with van der Waals surface area (Å²) in [5.41, 5.74) is 0.820. The maximum Gasteiger partial charge on any atom is 0.478 e. The Morgan fingerprint density at radius 3 is 1.97 bits per heavy atom. The first-order chi connectivity index (χ1) is 13.9. The zero-order valence-electron chi connectivity index (χ0n) is 16.4. The van der Waals surface area contributed by atoms with Crippen LogP contribution in [0.4, 0.5) is 0 Å². The third-order valence-electron chi connectivity index (χ3n) is 5.22. The molecule has 170 valence electrons. The summed E-state index contributed by atoms with van der Waals surface area (Å²) < 4.78 is 27.9. The number of hydrogen-bond donors (Lipinski definition) is 5. The Hall–Kier alpha value is -1.13. The molecule has 11 nitrogen and oxygen atoms in total. The second-order valence-corrected chi connectivity index (χ2v) is 9.90. The SMILES string of the molecule is CN1[C@@H]2CC[C@H]1C[C@@H](OC(=O)C(CO)c1ccccc1)C2.O=P(O)(O)OP(=O)(O)O. The molecule has 0 saturated carbocycles. The van der Waals surface area contributed by atoms with E-state index < -0.39 is 21.6 Å². The largest absolute Gasteiger partial charge is 0.478 e. The molecule has 30 heavy (non-hydrogen) atoms. The molecule has 0 spiro atoms. The van der Waals surface area contributed by atoms with Gasteiger partial charge in [0.05, 0.1) is 6.61 Å². The normalized spacial score (nSPS) is 25.2. The van der Waals surface area contributed by atoms with Gasteiger partial charge in [0.1, 0.15) is 12.0 Å². The Balaban J connectivity index is 0.000000303. The number of ether oxygens (including phenoxy) is 1. The molecule has 2 saturated heterocycles. The lowest BCUT2D eigenvalue weighted by molar-refractivity contribution is -0.155. The fraction of sp³-hybridized carbons (Fsp3) is 0.588. The van der Waals surface area contributed by atoms with Gasteiger partial charge in [0.2, 0.25) is 0 Å². The van der Waals surface area contributed by atoms with Crippen LogP contribution in [-0.4, -0.2) is 67.4 Å². The van der Waals surface area contributed by atoms with E-state index in [-0.39, 0.29) is 18.7 Å². The summed E-state index contributed by atoms with van der Waals surface area (Å²) in [5.74, 6) is -0.860. The van der Waals surface area contributed by atoms with Crippen molar-refractivity contribution in [3.05, 3.63) is 35.9 Å².